The van der Waals surface area contributed by atoms with Crippen LogP contribution in [0, 0.1) is 23.6 Å². The highest BCUT2D eigenvalue weighted by atomic mass is 32.2. The minimum atomic E-state index is -4.35. The van der Waals surface area contributed by atoms with Crippen molar-refractivity contribution in [3.63, 3.8) is 0 Å². The van der Waals surface area contributed by atoms with E-state index < -0.39 is 31.8 Å². The van der Waals surface area contributed by atoms with E-state index in [9.17, 15) is 31.1 Å². The van der Waals surface area contributed by atoms with Gasteiger partial charge in [0.2, 0.25) is 10.0 Å². The van der Waals surface area contributed by atoms with Crippen molar-refractivity contribution < 1.29 is 31.1 Å². The van der Waals surface area contributed by atoms with Crippen molar-refractivity contribution >= 4 is 43.2 Å². The molecule has 7 rings (SSSR count). The molecule has 0 saturated heterocycles. The minimum absolute atomic E-state index is 0.0441. The van der Waals surface area contributed by atoms with E-state index in [4.69, 9.17) is 0 Å². The van der Waals surface area contributed by atoms with Gasteiger partial charge in [-0.05, 0) is 73.4 Å². The molecule has 2 aromatic carbocycles. The van der Waals surface area contributed by atoms with Crippen LogP contribution >= 0.6 is 0 Å². The van der Waals surface area contributed by atoms with Crippen LogP contribution in [0.15, 0.2) is 63.1 Å². The van der Waals surface area contributed by atoms with Crippen LogP contribution in [0.5, 0.6) is 0 Å². The monoisotopic (exact) mass is 574 g/mol. The molecule has 2 heterocycles. The quantitative estimate of drug-likeness (QED) is 0.496. The molecular weight excluding hydrogens is 547 g/mol. The maximum atomic E-state index is 14.0. The highest BCUT2D eigenvalue weighted by Gasteiger charge is 2.54. The van der Waals surface area contributed by atoms with Gasteiger partial charge in [-0.3, -0.25) is 9.52 Å². The number of anilines is 2. The van der Waals surface area contributed by atoms with E-state index >= 15 is 0 Å². The maximum Gasteiger partial charge on any atom is 0.286 e. The molecular formula is C26H27FN4O6S2. The lowest BCUT2D eigenvalue weighted by Crippen LogP contribution is -2.60. The molecule has 39 heavy (non-hydrogen) atoms. The topological polar surface area (TPSA) is 145 Å². The molecule has 2 atom stereocenters. The van der Waals surface area contributed by atoms with E-state index in [-0.39, 0.29) is 63.8 Å². The Morgan fingerprint density at radius 2 is 1.77 bits per heavy atom. The van der Waals surface area contributed by atoms with Gasteiger partial charge in [-0.2, -0.15) is 8.42 Å². The number of fused-ring (bicyclic) bond motifs is 3. The van der Waals surface area contributed by atoms with Crippen LogP contribution in [0.25, 0.3) is 0 Å². The normalized spacial score (nSPS) is 27.4. The smallest absolute Gasteiger partial charge is 0.286 e. The van der Waals surface area contributed by atoms with E-state index in [2.05, 4.69) is 14.4 Å². The first-order chi connectivity index (χ1) is 18.4. The zero-order valence-electron chi connectivity index (χ0n) is 21.0. The second-order valence-electron chi connectivity index (χ2n) is 10.6. The molecule has 3 aliphatic carbocycles. The molecule has 0 spiro atoms. The number of amides is 1. The van der Waals surface area contributed by atoms with Crippen molar-refractivity contribution in [1.29, 1.82) is 0 Å². The van der Waals surface area contributed by atoms with Crippen LogP contribution in [0.3, 0.4) is 0 Å². The highest BCUT2D eigenvalue weighted by molar-refractivity contribution is 7.92. The second kappa shape index (κ2) is 9.05. The van der Waals surface area contributed by atoms with Crippen LogP contribution in [0.1, 0.15) is 31.2 Å². The van der Waals surface area contributed by atoms with Gasteiger partial charge in [-0.25, -0.2) is 12.8 Å². The number of rotatable bonds is 5. The summed E-state index contributed by atoms with van der Waals surface area (Å²) in [4.78, 5) is 15.4. The van der Waals surface area contributed by atoms with Crippen molar-refractivity contribution in [3.05, 3.63) is 65.2 Å². The summed E-state index contributed by atoms with van der Waals surface area (Å²) in [5.74, 6) is -1.41. The Morgan fingerprint density at radius 1 is 1.10 bits per heavy atom. The molecule has 3 saturated carbocycles. The third-order valence-corrected chi connectivity index (χ3v) is 10.0. The first kappa shape index (κ1) is 25.8. The predicted molar refractivity (Wildman–Crippen MR) is 142 cm³/mol. The Labute approximate surface area is 225 Å². The molecule has 10 nitrogen and oxygen atoms in total. The summed E-state index contributed by atoms with van der Waals surface area (Å²) in [6, 6.07) is 9.52. The Bertz CT molecular complexity index is 1650. The second-order valence-corrected chi connectivity index (χ2v) is 14.0. The summed E-state index contributed by atoms with van der Waals surface area (Å²) in [5.41, 5.74) is 0.665. The average Bonchev–Trinajstić information content (AvgIpc) is 2.87. The lowest BCUT2D eigenvalue weighted by Gasteiger charge is -2.54. The summed E-state index contributed by atoms with van der Waals surface area (Å²) in [7, 11) is -8.00. The van der Waals surface area contributed by atoms with Crippen molar-refractivity contribution in [3.8, 4) is 0 Å². The van der Waals surface area contributed by atoms with Gasteiger partial charge in [0, 0.05) is 24.2 Å². The average molecular weight is 575 g/mol. The summed E-state index contributed by atoms with van der Waals surface area (Å²) in [6.45, 7) is 0.178. The van der Waals surface area contributed by atoms with Gasteiger partial charge in [0.1, 0.15) is 22.0 Å². The Hall–Kier alpha value is -3.45. The largest absolute Gasteiger partial charge is 0.511 e. The number of hydrogen-bond donors (Lipinski definition) is 3. The number of carbonyl (C=O) groups is 1. The van der Waals surface area contributed by atoms with Gasteiger partial charge >= 0.3 is 0 Å². The van der Waals surface area contributed by atoms with Gasteiger partial charge in [-0.1, -0.05) is 12.1 Å². The number of nitrogens with one attached hydrogen (secondary N) is 2. The van der Waals surface area contributed by atoms with E-state index in [1.165, 1.54) is 24.3 Å². The minimum Gasteiger partial charge on any atom is -0.511 e. The van der Waals surface area contributed by atoms with Gasteiger partial charge in [0.05, 0.1) is 11.9 Å². The number of sulfonamides is 2. The summed E-state index contributed by atoms with van der Waals surface area (Å²) < 4.78 is 69.3. The molecule has 3 fully saturated rings. The van der Waals surface area contributed by atoms with E-state index in [0.29, 0.717) is 5.56 Å². The number of benzene rings is 2. The SMILES string of the molecule is CS(=O)(=O)Nc1ccc2c(c1)S(=O)(=O)N=C(C1=C(O)[C@@H]3C4CCC(CC4)C3N(Cc3ccc(F)cc3)C1=O)N2. The predicted octanol–water partition coefficient (Wildman–Crippen LogP) is 3.37. The Kier molecular flexibility index (Phi) is 5.99. The van der Waals surface area contributed by atoms with Crippen LogP contribution in [0.2, 0.25) is 0 Å². The zero-order chi connectivity index (χ0) is 27.7. The van der Waals surface area contributed by atoms with Crippen molar-refractivity contribution in [2.45, 2.75) is 43.2 Å². The molecule has 2 aromatic rings. The number of aliphatic hydroxyl groups excluding tert-OH is 1. The standard InChI is InChI=1S/C26H27FN4O6S2/c1-38(34,35)29-18-10-11-19-20(12-18)39(36,37)30-25(28-19)22-24(32)21-15-4-6-16(7-5-15)23(21)31(26(22)33)13-14-2-8-17(27)9-3-14/h2-3,8-12,15-16,21,23,29,32H,4-7,13H2,1H3,(H,28,30)/t15?,16?,21-,23?/m1/s1. The number of halogens is 1. The van der Waals surface area contributed by atoms with Gasteiger partial charge in [-0.15, -0.1) is 4.40 Å². The third-order valence-electron chi connectivity index (χ3n) is 8.11. The molecule has 206 valence electrons. The maximum absolute atomic E-state index is 14.0. The molecule has 5 aliphatic rings. The number of nitrogens with zero attached hydrogens (tertiary/aromatic N) is 2. The van der Waals surface area contributed by atoms with Crippen molar-refractivity contribution in [1.82, 2.24) is 4.90 Å². The zero-order valence-corrected chi connectivity index (χ0v) is 22.6. The molecule has 2 aliphatic heterocycles. The molecule has 0 aromatic heterocycles. The number of carbonyl (C=O) groups excluding carboxylic acids is 1. The van der Waals surface area contributed by atoms with E-state index in [1.807, 2.05) is 0 Å². The number of hydrogen-bond acceptors (Lipinski definition) is 7. The lowest BCUT2D eigenvalue weighted by atomic mass is 9.59. The summed E-state index contributed by atoms with van der Waals surface area (Å²) >= 11 is 0. The van der Waals surface area contributed by atoms with Gasteiger partial charge < -0.3 is 15.3 Å². The highest BCUT2D eigenvalue weighted by Crippen LogP contribution is 2.52. The Balaban J connectivity index is 1.42. The van der Waals surface area contributed by atoms with Crippen LogP contribution in [-0.2, 0) is 31.4 Å². The molecule has 3 N–H and O–H groups in total. The fraction of sp³-hybridized carbons (Fsp3) is 0.385. The van der Waals surface area contributed by atoms with Crippen molar-refractivity contribution in [2.24, 2.45) is 22.2 Å². The van der Waals surface area contributed by atoms with Gasteiger partial charge in [0.15, 0.2) is 5.84 Å². The fourth-order valence-corrected chi connectivity index (χ4v) is 8.24. The van der Waals surface area contributed by atoms with Crippen LogP contribution in [-0.4, -0.2) is 50.9 Å². The molecule has 1 amide bonds. The fourth-order valence-electron chi connectivity index (χ4n) is 6.54. The van der Waals surface area contributed by atoms with Gasteiger partial charge in [0.25, 0.3) is 15.9 Å². The lowest BCUT2D eigenvalue weighted by molar-refractivity contribution is -0.140. The molecule has 0 radical (unpaired) electrons. The molecule has 13 heteroatoms. The summed E-state index contributed by atoms with van der Waals surface area (Å²) in [6.07, 6.45) is 4.62. The van der Waals surface area contributed by atoms with Crippen LogP contribution in [0.4, 0.5) is 15.8 Å². The third kappa shape index (κ3) is 4.56. The van der Waals surface area contributed by atoms with Crippen LogP contribution < -0.4 is 10.0 Å². The number of aliphatic hydroxyl groups is 1. The van der Waals surface area contributed by atoms with E-state index in [1.54, 1.807) is 17.0 Å². The first-order valence-electron chi connectivity index (χ1n) is 12.6. The Morgan fingerprint density at radius 3 is 2.44 bits per heavy atom. The van der Waals surface area contributed by atoms with E-state index in [0.717, 1.165) is 38.0 Å². The molecule has 1 unspecified atom stereocenters. The molecule has 2 bridgehead atoms. The number of amidine groups is 1. The van der Waals surface area contributed by atoms with Crippen molar-refractivity contribution in [2.75, 3.05) is 16.3 Å². The summed E-state index contributed by atoms with van der Waals surface area (Å²) in [5, 5.41) is 14.4. The first-order valence-corrected chi connectivity index (χ1v) is 16.0.